The molecule has 0 bridgehead atoms. The van der Waals surface area contributed by atoms with E-state index in [9.17, 15) is 0 Å². The minimum absolute atomic E-state index is 0.0995. The third-order valence-corrected chi connectivity index (χ3v) is 0.572. The summed E-state index contributed by atoms with van der Waals surface area (Å²) in [6.45, 7) is 3.45. The van der Waals surface area contributed by atoms with Crippen LogP contribution in [-0.4, -0.2) is 11.7 Å². The molecule has 0 spiro atoms. The highest BCUT2D eigenvalue weighted by Crippen LogP contribution is 1.99. The zero-order chi connectivity index (χ0) is 4.99. The lowest BCUT2D eigenvalue weighted by molar-refractivity contribution is 0.301. The van der Waals surface area contributed by atoms with Crippen LogP contribution >= 0.6 is 11.6 Å². The van der Waals surface area contributed by atoms with E-state index in [4.69, 9.17) is 16.7 Å². The first-order valence-electron chi connectivity index (χ1n) is 1.71. The van der Waals surface area contributed by atoms with Crippen molar-refractivity contribution >= 4 is 11.6 Å². The molecular formula is C4H7ClO. The Morgan fingerprint density at radius 2 is 2.33 bits per heavy atom. The minimum atomic E-state index is 0.0995. The summed E-state index contributed by atoms with van der Waals surface area (Å²) in [5.74, 6) is 0. The van der Waals surface area contributed by atoms with Gasteiger partial charge in [-0.2, -0.15) is 0 Å². The largest absolute Gasteiger partial charge is 0.396 e. The monoisotopic (exact) mass is 106 g/mol. The molecule has 0 aliphatic rings. The fraction of sp³-hybridized carbons (Fsp3) is 0.500. The highest BCUT2D eigenvalue weighted by Gasteiger charge is 1.80. The van der Waals surface area contributed by atoms with Gasteiger partial charge in [-0.3, -0.25) is 0 Å². The van der Waals surface area contributed by atoms with Gasteiger partial charge in [0.1, 0.15) is 0 Å². The maximum atomic E-state index is 8.09. The van der Waals surface area contributed by atoms with E-state index in [1.165, 1.54) is 0 Å². The van der Waals surface area contributed by atoms with Crippen LogP contribution in [0.3, 0.4) is 0 Å². The Balaban J connectivity index is 2.83. The normalized spacial score (nSPS) is 8.33. The molecule has 2 heteroatoms. The second-order valence-corrected chi connectivity index (χ2v) is 1.53. The van der Waals surface area contributed by atoms with Gasteiger partial charge in [0.15, 0.2) is 0 Å². The van der Waals surface area contributed by atoms with Gasteiger partial charge >= 0.3 is 0 Å². The number of hydrogen-bond donors (Lipinski definition) is 1. The van der Waals surface area contributed by atoms with Crippen LogP contribution in [0.25, 0.3) is 0 Å². The van der Waals surface area contributed by atoms with Crippen LogP contribution in [0.15, 0.2) is 11.6 Å². The van der Waals surface area contributed by atoms with Gasteiger partial charge in [0.2, 0.25) is 0 Å². The van der Waals surface area contributed by atoms with Crippen molar-refractivity contribution in [3.05, 3.63) is 11.6 Å². The molecule has 0 unspecified atom stereocenters. The molecule has 1 nitrogen and oxygen atoms in total. The van der Waals surface area contributed by atoms with Crippen molar-refractivity contribution in [3.63, 3.8) is 0 Å². The molecule has 0 rings (SSSR count). The van der Waals surface area contributed by atoms with Crippen molar-refractivity contribution in [3.8, 4) is 0 Å². The van der Waals surface area contributed by atoms with E-state index in [2.05, 4.69) is 6.58 Å². The lowest BCUT2D eigenvalue weighted by Crippen LogP contribution is -1.77. The fourth-order valence-corrected chi connectivity index (χ4v) is 0.206. The van der Waals surface area contributed by atoms with E-state index in [0.29, 0.717) is 11.5 Å². The maximum absolute atomic E-state index is 8.09. The van der Waals surface area contributed by atoms with E-state index in [1.54, 1.807) is 0 Å². The van der Waals surface area contributed by atoms with Gasteiger partial charge in [0.05, 0.1) is 0 Å². The first-order chi connectivity index (χ1) is 2.77. The summed E-state index contributed by atoms with van der Waals surface area (Å²) in [4.78, 5) is 0. The van der Waals surface area contributed by atoms with Gasteiger partial charge in [0.25, 0.3) is 0 Å². The average molecular weight is 107 g/mol. The van der Waals surface area contributed by atoms with Gasteiger partial charge in [-0.1, -0.05) is 18.2 Å². The Kier molecular flexibility index (Phi) is 3.19. The molecule has 0 fully saturated rings. The van der Waals surface area contributed by atoms with Gasteiger partial charge in [0, 0.05) is 18.1 Å². The minimum Gasteiger partial charge on any atom is -0.396 e. The summed E-state index contributed by atoms with van der Waals surface area (Å²) in [5.41, 5.74) is 0. The summed E-state index contributed by atoms with van der Waals surface area (Å²) in [7, 11) is 0. The fourth-order valence-electron chi connectivity index (χ4n) is 0.121. The predicted molar refractivity (Wildman–Crippen MR) is 26.7 cm³/mol. The number of aliphatic hydroxyl groups excluding tert-OH is 1. The standard InChI is InChI=1S/C4H7ClO/c1-4(5)2-3-6/h6H,1-3H2. The molecule has 0 amide bonds. The Hall–Kier alpha value is -0.0100. The van der Waals surface area contributed by atoms with Gasteiger partial charge in [-0.05, 0) is 0 Å². The average Bonchev–Trinajstić information content (AvgIpc) is 1.35. The topological polar surface area (TPSA) is 20.2 Å². The summed E-state index contributed by atoms with van der Waals surface area (Å²) >= 11 is 5.22. The Labute approximate surface area is 42.2 Å². The third kappa shape index (κ3) is 3.99. The SMILES string of the molecule is C=C(Cl)CCO. The van der Waals surface area contributed by atoms with E-state index in [0.717, 1.165) is 0 Å². The van der Waals surface area contributed by atoms with Crippen LogP contribution < -0.4 is 0 Å². The van der Waals surface area contributed by atoms with E-state index < -0.39 is 0 Å². The molecule has 0 aromatic heterocycles. The highest BCUT2D eigenvalue weighted by atomic mass is 35.5. The lowest BCUT2D eigenvalue weighted by atomic mass is 10.5. The van der Waals surface area contributed by atoms with Crippen LogP contribution in [0, 0.1) is 0 Å². The second-order valence-electron chi connectivity index (χ2n) is 0.991. The number of halogens is 1. The molecule has 0 atom stereocenters. The molecule has 0 aliphatic heterocycles. The zero-order valence-corrected chi connectivity index (χ0v) is 4.20. The van der Waals surface area contributed by atoms with Crippen molar-refractivity contribution in [2.45, 2.75) is 6.42 Å². The summed E-state index contributed by atoms with van der Waals surface area (Å²) in [5, 5.41) is 8.60. The van der Waals surface area contributed by atoms with E-state index >= 15 is 0 Å². The lowest BCUT2D eigenvalue weighted by Gasteiger charge is -1.84. The smallest absolute Gasteiger partial charge is 0.0479 e. The molecule has 36 valence electrons. The van der Waals surface area contributed by atoms with Crippen molar-refractivity contribution < 1.29 is 5.11 Å². The molecule has 0 saturated carbocycles. The van der Waals surface area contributed by atoms with Gasteiger partial charge in [-0.15, -0.1) is 0 Å². The summed E-state index contributed by atoms with van der Waals surface area (Å²) < 4.78 is 0. The Morgan fingerprint density at radius 1 is 1.83 bits per heavy atom. The predicted octanol–water partition coefficient (Wildman–Crippen LogP) is 1.12. The quantitative estimate of drug-likeness (QED) is 0.560. The van der Waals surface area contributed by atoms with E-state index in [1.807, 2.05) is 0 Å². The van der Waals surface area contributed by atoms with Crippen LogP contribution in [-0.2, 0) is 0 Å². The van der Waals surface area contributed by atoms with Crippen LogP contribution in [0.2, 0.25) is 0 Å². The molecule has 0 aromatic rings. The summed E-state index contributed by atoms with van der Waals surface area (Å²) in [6.07, 6.45) is 0.502. The Morgan fingerprint density at radius 3 is 2.33 bits per heavy atom. The van der Waals surface area contributed by atoms with Crippen molar-refractivity contribution in [1.29, 1.82) is 0 Å². The Bertz CT molecular complexity index is 51.5. The van der Waals surface area contributed by atoms with Gasteiger partial charge in [-0.25, -0.2) is 0 Å². The summed E-state index contributed by atoms with van der Waals surface area (Å²) in [6, 6.07) is 0. The zero-order valence-electron chi connectivity index (χ0n) is 3.45. The molecule has 0 radical (unpaired) electrons. The molecule has 1 N–H and O–H groups in total. The van der Waals surface area contributed by atoms with E-state index in [-0.39, 0.29) is 6.61 Å². The molecule has 0 aromatic carbocycles. The number of hydrogen-bond acceptors (Lipinski definition) is 1. The molecular weight excluding hydrogens is 99.5 g/mol. The van der Waals surface area contributed by atoms with Crippen LogP contribution in [0.4, 0.5) is 0 Å². The van der Waals surface area contributed by atoms with Crippen molar-refractivity contribution in [1.82, 2.24) is 0 Å². The first kappa shape index (κ1) is 5.99. The molecule has 6 heavy (non-hydrogen) atoms. The van der Waals surface area contributed by atoms with Crippen LogP contribution in [0.1, 0.15) is 6.42 Å². The maximum Gasteiger partial charge on any atom is 0.0479 e. The highest BCUT2D eigenvalue weighted by molar-refractivity contribution is 6.29. The molecule has 0 aliphatic carbocycles. The van der Waals surface area contributed by atoms with Crippen LogP contribution in [0.5, 0.6) is 0 Å². The first-order valence-corrected chi connectivity index (χ1v) is 2.09. The number of aliphatic hydroxyl groups is 1. The van der Waals surface area contributed by atoms with Gasteiger partial charge < -0.3 is 5.11 Å². The molecule has 0 saturated heterocycles. The second kappa shape index (κ2) is 3.19. The third-order valence-electron chi connectivity index (χ3n) is 0.383. The van der Waals surface area contributed by atoms with Crippen molar-refractivity contribution in [2.24, 2.45) is 0 Å². The molecule has 0 heterocycles. The van der Waals surface area contributed by atoms with Crippen molar-refractivity contribution in [2.75, 3.05) is 6.61 Å². The number of rotatable bonds is 2.